The third kappa shape index (κ3) is 3.98. The maximum atomic E-state index is 13.1. The summed E-state index contributed by atoms with van der Waals surface area (Å²) in [5, 5.41) is 3.38. The maximum Gasteiger partial charge on any atom is 0.142 e. The first kappa shape index (κ1) is 12.8. The largest absolute Gasteiger partial charge is 0.312 e. The van der Waals surface area contributed by atoms with Crippen molar-refractivity contribution in [1.29, 1.82) is 0 Å². The number of hydrogen-bond donors (Lipinski definition) is 1. The van der Waals surface area contributed by atoms with Crippen molar-refractivity contribution in [2.24, 2.45) is 5.92 Å². The molecule has 0 spiro atoms. The Kier molecular flexibility index (Phi) is 5.37. The SMILES string of the molecule is CC(CCl)CNCc1cccc(F)c1Cl. The van der Waals surface area contributed by atoms with E-state index in [0.29, 0.717) is 18.3 Å². The third-order valence-corrected chi connectivity index (χ3v) is 3.05. The molecule has 1 nitrogen and oxygen atoms in total. The number of alkyl halides is 1. The highest BCUT2D eigenvalue weighted by molar-refractivity contribution is 6.31. The Morgan fingerprint density at radius 2 is 2.20 bits per heavy atom. The molecule has 1 aromatic carbocycles. The predicted octanol–water partition coefficient (Wildman–Crippen LogP) is 3.44. The van der Waals surface area contributed by atoms with Crippen LogP contribution in [0.1, 0.15) is 12.5 Å². The molecule has 0 aliphatic rings. The third-order valence-electron chi connectivity index (χ3n) is 2.10. The number of halogens is 3. The van der Waals surface area contributed by atoms with Crippen LogP contribution in [0.25, 0.3) is 0 Å². The highest BCUT2D eigenvalue weighted by Gasteiger charge is 2.05. The van der Waals surface area contributed by atoms with Crippen molar-refractivity contribution in [2.45, 2.75) is 13.5 Å². The second-order valence-electron chi connectivity index (χ2n) is 3.60. The Labute approximate surface area is 99.6 Å². The first-order valence-electron chi connectivity index (χ1n) is 4.84. The number of rotatable bonds is 5. The minimum atomic E-state index is -0.374. The van der Waals surface area contributed by atoms with E-state index in [0.717, 1.165) is 12.1 Å². The average molecular weight is 250 g/mol. The number of hydrogen-bond acceptors (Lipinski definition) is 1. The van der Waals surface area contributed by atoms with Gasteiger partial charge in [-0.3, -0.25) is 0 Å². The Morgan fingerprint density at radius 1 is 1.47 bits per heavy atom. The molecular weight excluding hydrogens is 236 g/mol. The molecule has 4 heteroatoms. The van der Waals surface area contributed by atoms with E-state index in [4.69, 9.17) is 23.2 Å². The molecule has 0 heterocycles. The van der Waals surface area contributed by atoms with E-state index in [1.807, 2.05) is 13.0 Å². The van der Waals surface area contributed by atoms with Gasteiger partial charge in [-0.15, -0.1) is 11.6 Å². The minimum absolute atomic E-state index is 0.198. The van der Waals surface area contributed by atoms with E-state index in [-0.39, 0.29) is 10.8 Å². The molecule has 1 atom stereocenters. The van der Waals surface area contributed by atoms with E-state index >= 15 is 0 Å². The van der Waals surface area contributed by atoms with Crippen LogP contribution in [0.5, 0.6) is 0 Å². The predicted molar refractivity (Wildman–Crippen MR) is 63.0 cm³/mol. The van der Waals surface area contributed by atoms with Crippen LogP contribution in [0, 0.1) is 11.7 Å². The summed E-state index contributed by atoms with van der Waals surface area (Å²) in [4.78, 5) is 0. The lowest BCUT2D eigenvalue weighted by atomic mass is 10.2. The zero-order chi connectivity index (χ0) is 11.3. The molecule has 0 aliphatic heterocycles. The normalized spacial score (nSPS) is 12.8. The van der Waals surface area contributed by atoms with Crippen molar-refractivity contribution < 1.29 is 4.39 Å². The van der Waals surface area contributed by atoms with Crippen LogP contribution < -0.4 is 5.32 Å². The molecule has 84 valence electrons. The molecule has 0 radical (unpaired) electrons. The summed E-state index contributed by atoms with van der Waals surface area (Å²) in [5.41, 5.74) is 0.776. The average Bonchev–Trinajstić information content (AvgIpc) is 2.24. The fourth-order valence-electron chi connectivity index (χ4n) is 1.19. The molecule has 0 fully saturated rings. The highest BCUT2D eigenvalue weighted by Crippen LogP contribution is 2.19. The number of nitrogens with one attached hydrogen (secondary N) is 1. The molecule has 1 aromatic rings. The lowest BCUT2D eigenvalue weighted by molar-refractivity contribution is 0.554. The number of benzene rings is 1. The Balaban J connectivity index is 2.47. The van der Waals surface area contributed by atoms with Gasteiger partial charge >= 0.3 is 0 Å². The molecule has 0 aliphatic carbocycles. The highest BCUT2D eigenvalue weighted by atomic mass is 35.5. The lowest BCUT2D eigenvalue weighted by Crippen LogP contribution is -2.21. The van der Waals surface area contributed by atoms with Crippen LogP contribution in [0.2, 0.25) is 5.02 Å². The quantitative estimate of drug-likeness (QED) is 0.789. The van der Waals surface area contributed by atoms with Crippen LogP contribution in [0.4, 0.5) is 4.39 Å². The van der Waals surface area contributed by atoms with Gasteiger partial charge in [0, 0.05) is 12.4 Å². The summed E-state index contributed by atoms with van der Waals surface area (Å²) in [7, 11) is 0. The Hall–Kier alpha value is -0.310. The summed E-state index contributed by atoms with van der Waals surface area (Å²) >= 11 is 11.5. The fraction of sp³-hybridized carbons (Fsp3) is 0.455. The molecule has 0 amide bonds. The molecule has 0 saturated heterocycles. The van der Waals surface area contributed by atoms with E-state index < -0.39 is 0 Å². The summed E-state index contributed by atoms with van der Waals surface area (Å²) in [5.74, 6) is 0.643. The van der Waals surface area contributed by atoms with Gasteiger partial charge in [0.05, 0.1) is 5.02 Å². The van der Waals surface area contributed by atoms with Crippen LogP contribution in [-0.4, -0.2) is 12.4 Å². The van der Waals surface area contributed by atoms with Crippen LogP contribution >= 0.6 is 23.2 Å². The Bertz CT molecular complexity index is 317. The molecule has 1 rings (SSSR count). The Morgan fingerprint density at radius 3 is 2.87 bits per heavy atom. The van der Waals surface area contributed by atoms with Crippen molar-refractivity contribution in [2.75, 3.05) is 12.4 Å². The maximum absolute atomic E-state index is 13.1. The second-order valence-corrected chi connectivity index (χ2v) is 4.29. The van der Waals surface area contributed by atoms with Crippen molar-refractivity contribution >= 4 is 23.2 Å². The molecular formula is C11H14Cl2FN. The summed E-state index contributed by atoms with van der Waals surface area (Å²) in [6.45, 7) is 3.42. The molecule has 1 unspecified atom stereocenters. The van der Waals surface area contributed by atoms with Crippen LogP contribution in [-0.2, 0) is 6.54 Å². The van der Waals surface area contributed by atoms with Crippen molar-refractivity contribution in [1.82, 2.24) is 5.32 Å². The smallest absolute Gasteiger partial charge is 0.142 e. The van der Waals surface area contributed by atoms with Gasteiger partial charge in [0.25, 0.3) is 0 Å². The van der Waals surface area contributed by atoms with Crippen molar-refractivity contribution in [3.63, 3.8) is 0 Å². The van der Waals surface area contributed by atoms with E-state index in [1.165, 1.54) is 6.07 Å². The van der Waals surface area contributed by atoms with Crippen LogP contribution in [0.3, 0.4) is 0 Å². The summed E-state index contributed by atoms with van der Waals surface area (Å²) in [6, 6.07) is 4.82. The molecule has 0 saturated carbocycles. The van der Waals surface area contributed by atoms with Crippen molar-refractivity contribution in [3.05, 3.63) is 34.6 Å². The first-order valence-corrected chi connectivity index (χ1v) is 5.76. The minimum Gasteiger partial charge on any atom is -0.312 e. The topological polar surface area (TPSA) is 12.0 Å². The van der Waals surface area contributed by atoms with Gasteiger partial charge in [-0.05, 0) is 24.1 Å². The van der Waals surface area contributed by atoms with Gasteiger partial charge in [-0.1, -0.05) is 30.7 Å². The lowest BCUT2D eigenvalue weighted by Gasteiger charge is -2.10. The molecule has 0 bridgehead atoms. The van der Waals surface area contributed by atoms with E-state index in [2.05, 4.69) is 5.32 Å². The van der Waals surface area contributed by atoms with E-state index in [9.17, 15) is 4.39 Å². The summed E-state index contributed by atoms with van der Waals surface area (Å²) < 4.78 is 13.1. The molecule has 0 aromatic heterocycles. The standard InChI is InChI=1S/C11H14Cl2FN/c1-8(5-12)6-15-7-9-3-2-4-10(14)11(9)13/h2-4,8,15H,5-7H2,1H3. The van der Waals surface area contributed by atoms with Gasteiger partial charge < -0.3 is 5.32 Å². The fourth-order valence-corrected chi connectivity index (χ4v) is 1.49. The molecule has 1 N–H and O–H groups in total. The zero-order valence-corrected chi connectivity index (χ0v) is 10.1. The van der Waals surface area contributed by atoms with E-state index in [1.54, 1.807) is 6.07 Å². The van der Waals surface area contributed by atoms with Gasteiger partial charge in [0.15, 0.2) is 0 Å². The summed E-state index contributed by atoms with van der Waals surface area (Å²) in [6.07, 6.45) is 0. The first-order chi connectivity index (χ1) is 7.15. The van der Waals surface area contributed by atoms with Gasteiger partial charge in [0.1, 0.15) is 5.82 Å². The van der Waals surface area contributed by atoms with Gasteiger partial charge in [-0.25, -0.2) is 4.39 Å². The van der Waals surface area contributed by atoms with Crippen molar-refractivity contribution in [3.8, 4) is 0 Å². The second kappa shape index (κ2) is 6.31. The van der Waals surface area contributed by atoms with Gasteiger partial charge in [0.2, 0.25) is 0 Å². The zero-order valence-electron chi connectivity index (χ0n) is 8.56. The monoisotopic (exact) mass is 249 g/mol. The van der Waals surface area contributed by atoms with Gasteiger partial charge in [-0.2, -0.15) is 0 Å². The molecule has 15 heavy (non-hydrogen) atoms. The van der Waals surface area contributed by atoms with Crippen LogP contribution in [0.15, 0.2) is 18.2 Å².